The van der Waals surface area contributed by atoms with Crippen LogP contribution in [0.1, 0.15) is 0 Å². The molecule has 1 rings (SSSR count). The number of aliphatic hydroxyl groups is 1. The highest BCUT2D eigenvalue weighted by atomic mass is 16.3. The quantitative estimate of drug-likeness (QED) is 0.267. The summed E-state index contributed by atoms with van der Waals surface area (Å²) >= 11 is 0. The second kappa shape index (κ2) is 4.38. The smallest absolute Gasteiger partial charge is 0.243 e. The molecule has 1 heterocycles. The Bertz CT molecular complexity index is 257. The number of nitrogens with one attached hydrogen (secondary N) is 2. The van der Waals surface area contributed by atoms with Crippen LogP contribution in [0.2, 0.25) is 0 Å². The van der Waals surface area contributed by atoms with Crippen molar-refractivity contribution < 1.29 is 5.11 Å². The fourth-order valence-electron chi connectivity index (χ4n) is 0.663. The number of nitrogen functional groups attached to an aromatic ring is 2. The van der Waals surface area contributed by atoms with Crippen molar-refractivity contribution in [1.29, 1.82) is 0 Å². The predicted octanol–water partition coefficient (Wildman–Crippen LogP) is -2.06. The summed E-state index contributed by atoms with van der Waals surface area (Å²) in [6, 6.07) is 0. The van der Waals surface area contributed by atoms with Gasteiger partial charge in [-0.25, -0.2) is 5.43 Å². The number of nitrogens with zero attached hydrogens (tertiary/aromatic N) is 3. The van der Waals surface area contributed by atoms with Crippen LogP contribution in [0.4, 0.5) is 17.8 Å². The highest BCUT2D eigenvalue weighted by Crippen LogP contribution is 2.01. The Kier molecular flexibility index (Phi) is 3.17. The molecule has 0 bridgehead atoms. The Balaban J connectivity index is 2.56. The van der Waals surface area contributed by atoms with Crippen LogP contribution in [-0.4, -0.2) is 33.2 Å². The lowest BCUT2D eigenvalue weighted by molar-refractivity contribution is 0.296. The van der Waals surface area contributed by atoms with Crippen LogP contribution in [-0.2, 0) is 0 Å². The second-order valence-electron chi connectivity index (χ2n) is 2.15. The van der Waals surface area contributed by atoms with Gasteiger partial charge in [0.1, 0.15) is 0 Å². The SMILES string of the molecule is Nc1nc(N)nc(NNCCO)n1. The van der Waals surface area contributed by atoms with E-state index in [2.05, 4.69) is 25.8 Å². The molecule has 0 aromatic carbocycles. The van der Waals surface area contributed by atoms with Crippen molar-refractivity contribution in [2.45, 2.75) is 0 Å². The van der Waals surface area contributed by atoms with E-state index >= 15 is 0 Å². The molecule has 0 unspecified atom stereocenters. The van der Waals surface area contributed by atoms with Crippen molar-refractivity contribution in [1.82, 2.24) is 20.4 Å². The first-order chi connectivity index (χ1) is 6.22. The molecule has 72 valence electrons. The van der Waals surface area contributed by atoms with Crippen LogP contribution < -0.4 is 22.3 Å². The number of anilines is 3. The van der Waals surface area contributed by atoms with Gasteiger partial charge in [-0.3, -0.25) is 5.43 Å². The average molecular weight is 185 g/mol. The van der Waals surface area contributed by atoms with Gasteiger partial charge in [0.05, 0.1) is 6.61 Å². The van der Waals surface area contributed by atoms with Crippen molar-refractivity contribution in [3.63, 3.8) is 0 Å². The van der Waals surface area contributed by atoms with Gasteiger partial charge in [-0.2, -0.15) is 15.0 Å². The van der Waals surface area contributed by atoms with Crippen molar-refractivity contribution >= 4 is 17.8 Å². The molecular formula is C5H11N7O. The lowest BCUT2D eigenvalue weighted by Crippen LogP contribution is -2.26. The van der Waals surface area contributed by atoms with Crippen LogP contribution in [0.5, 0.6) is 0 Å². The third-order valence-corrected chi connectivity index (χ3v) is 1.11. The van der Waals surface area contributed by atoms with Crippen molar-refractivity contribution in [3.05, 3.63) is 0 Å². The Morgan fingerprint density at radius 2 is 1.77 bits per heavy atom. The average Bonchev–Trinajstić information content (AvgIpc) is 2.03. The first-order valence-corrected chi connectivity index (χ1v) is 3.59. The summed E-state index contributed by atoms with van der Waals surface area (Å²) in [7, 11) is 0. The Morgan fingerprint density at radius 3 is 2.31 bits per heavy atom. The standard InChI is InChI=1S/C5H11N7O/c6-3-9-4(7)11-5(10-3)12-8-1-2-13/h8,13H,1-2H2,(H5,6,7,9,10,11,12). The van der Waals surface area contributed by atoms with Gasteiger partial charge in [-0.15, -0.1) is 0 Å². The van der Waals surface area contributed by atoms with E-state index in [-0.39, 0.29) is 24.5 Å². The molecule has 1 aromatic heterocycles. The van der Waals surface area contributed by atoms with E-state index in [1.807, 2.05) is 0 Å². The van der Waals surface area contributed by atoms with Crippen LogP contribution in [0.25, 0.3) is 0 Å². The van der Waals surface area contributed by atoms with Crippen molar-refractivity contribution in [2.75, 3.05) is 30.0 Å². The molecule has 0 fully saturated rings. The molecule has 0 saturated carbocycles. The molecular weight excluding hydrogens is 174 g/mol. The minimum Gasteiger partial charge on any atom is -0.395 e. The van der Waals surface area contributed by atoms with Crippen LogP contribution in [0.15, 0.2) is 0 Å². The summed E-state index contributed by atoms with van der Waals surface area (Å²) in [4.78, 5) is 11.0. The van der Waals surface area contributed by atoms with Crippen molar-refractivity contribution in [2.24, 2.45) is 0 Å². The molecule has 0 radical (unpaired) electrons. The van der Waals surface area contributed by atoms with E-state index in [1.54, 1.807) is 0 Å². The third-order valence-electron chi connectivity index (χ3n) is 1.11. The summed E-state index contributed by atoms with van der Waals surface area (Å²) in [5.74, 6) is 0.306. The van der Waals surface area contributed by atoms with Crippen LogP contribution in [0, 0.1) is 0 Å². The zero-order valence-electron chi connectivity index (χ0n) is 6.86. The lowest BCUT2D eigenvalue weighted by Gasteiger charge is -2.05. The molecule has 7 N–H and O–H groups in total. The Morgan fingerprint density at radius 1 is 1.15 bits per heavy atom. The van der Waals surface area contributed by atoms with Gasteiger partial charge in [-0.05, 0) is 0 Å². The fraction of sp³-hybridized carbons (Fsp3) is 0.400. The van der Waals surface area contributed by atoms with E-state index in [0.29, 0.717) is 6.54 Å². The normalized spacial score (nSPS) is 9.92. The number of aromatic nitrogens is 3. The Labute approximate surface area is 74.4 Å². The summed E-state index contributed by atoms with van der Waals surface area (Å²) in [5.41, 5.74) is 15.8. The van der Waals surface area contributed by atoms with Gasteiger partial charge < -0.3 is 16.6 Å². The van der Waals surface area contributed by atoms with E-state index in [4.69, 9.17) is 16.6 Å². The number of hydrogen-bond donors (Lipinski definition) is 5. The number of rotatable bonds is 4. The number of aliphatic hydroxyl groups excluding tert-OH is 1. The molecule has 8 heteroatoms. The predicted molar refractivity (Wildman–Crippen MR) is 47.4 cm³/mol. The Hall–Kier alpha value is -1.67. The van der Waals surface area contributed by atoms with Gasteiger partial charge in [0, 0.05) is 6.54 Å². The minimum atomic E-state index is 0.00302. The molecule has 0 atom stereocenters. The maximum Gasteiger partial charge on any atom is 0.243 e. The first-order valence-electron chi connectivity index (χ1n) is 3.59. The van der Waals surface area contributed by atoms with E-state index in [1.165, 1.54) is 0 Å². The van der Waals surface area contributed by atoms with Crippen molar-refractivity contribution in [3.8, 4) is 0 Å². The largest absolute Gasteiger partial charge is 0.395 e. The van der Waals surface area contributed by atoms with Gasteiger partial charge in [0.15, 0.2) is 0 Å². The monoisotopic (exact) mass is 185 g/mol. The lowest BCUT2D eigenvalue weighted by atomic mass is 10.7. The summed E-state index contributed by atoms with van der Waals surface area (Å²) in [5, 5.41) is 8.45. The molecule has 0 aliphatic heterocycles. The third kappa shape index (κ3) is 3.05. The van der Waals surface area contributed by atoms with E-state index in [0.717, 1.165) is 0 Å². The highest BCUT2D eigenvalue weighted by molar-refractivity contribution is 5.36. The first kappa shape index (κ1) is 9.42. The van der Waals surface area contributed by atoms with Gasteiger partial charge in [0.2, 0.25) is 17.8 Å². The number of nitrogens with two attached hydrogens (primary N) is 2. The maximum absolute atomic E-state index is 8.45. The molecule has 0 spiro atoms. The zero-order valence-corrected chi connectivity index (χ0v) is 6.86. The molecule has 0 amide bonds. The fourth-order valence-corrected chi connectivity index (χ4v) is 0.663. The second-order valence-corrected chi connectivity index (χ2v) is 2.15. The molecule has 0 aliphatic carbocycles. The minimum absolute atomic E-state index is 0.00302. The molecule has 8 nitrogen and oxygen atoms in total. The topological polar surface area (TPSA) is 135 Å². The summed E-state index contributed by atoms with van der Waals surface area (Å²) < 4.78 is 0. The van der Waals surface area contributed by atoms with E-state index < -0.39 is 0 Å². The van der Waals surface area contributed by atoms with Gasteiger partial charge >= 0.3 is 0 Å². The van der Waals surface area contributed by atoms with Gasteiger partial charge in [-0.1, -0.05) is 0 Å². The maximum atomic E-state index is 8.45. The molecule has 1 aromatic rings. The van der Waals surface area contributed by atoms with Crippen LogP contribution in [0.3, 0.4) is 0 Å². The zero-order chi connectivity index (χ0) is 9.68. The summed E-state index contributed by atoms with van der Waals surface area (Å²) in [6.07, 6.45) is 0. The highest BCUT2D eigenvalue weighted by Gasteiger charge is 1.99. The molecule has 0 aliphatic rings. The summed E-state index contributed by atoms with van der Waals surface area (Å²) in [6.45, 7) is 0.370. The number of hydrazine groups is 1. The molecule has 13 heavy (non-hydrogen) atoms. The van der Waals surface area contributed by atoms with Crippen LogP contribution >= 0.6 is 0 Å². The number of hydrogen-bond acceptors (Lipinski definition) is 8. The molecule has 0 saturated heterocycles. The van der Waals surface area contributed by atoms with E-state index in [9.17, 15) is 0 Å². The van der Waals surface area contributed by atoms with Gasteiger partial charge in [0.25, 0.3) is 0 Å².